The van der Waals surface area contributed by atoms with Gasteiger partial charge in [-0.15, -0.1) is 0 Å². The lowest BCUT2D eigenvalue weighted by Crippen LogP contribution is -2.12. The van der Waals surface area contributed by atoms with E-state index in [4.69, 9.17) is 4.74 Å². The van der Waals surface area contributed by atoms with Crippen LogP contribution in [0.3, 0.4) is 0 Å². The Balaban J connectivity index is 2.28. The van der Waals surface area contributed by atoms with E-state index in [1.165, 1.54) is 19.2 Å². The number of hydrogen-bond donors (Lipinski definition) is 2. The molecule has 98 valence electrons. The summed E-state index contributed by atoms with van der Waals surface area (Å²) < 4.78 is 5.54. The van der Waals surface area contributed by atoms with Gasteiger partial charge < -0.3 is 15.2 Å². The fourth-order valence-electron chi connectivity index (χ4n) is 1.49. The molecule has 1 aromatic heterocycles. The second kappa shape index (κ2) is 5.71. The Kier molecular flexibility index (Phi) is 4.01. The molecule has 2 rings (SSSR count). The Labute approximate surface area is 118 Å². The average molecular weight is 323 g/mol. The number of aromatic hydroxyl groups is 1. The van der Waals surface area contributed by atoms with Crippen molar-refractivity contribution in [2.24, 2.45) is 0 Å². The molecule has 2 N–H and O–H groups in total. The zero-order valence-electron chi connectivity index (χ0n) is 10.1. The van der Waals surface area contributed by atoms with Gasteiger partial charge in [-0.25, -0.2) is 4.98 Å². The lowest BCUT2D eigenvalue weighted by Gasteiger charge is -2.09. The van der Waals surface area contributed by atoms with Crippen LogP contribution < -0.4 is 10.1 Å². The number of carbonyl (C=O) groups is 1. The number of aromatic nitrogens is 1. The average Bonchev–Trinajstić information content (AvgIpc) is 2.42. The minimum absolute atomic E-state index is 0.113. The van der Waals surface area contributed by atoms with Crippen LogP contribution in [0.1, 0.15) is 10.4 Å². The fraction of sp³-hybridized carbons (Fsp3) is 0.0769. The monoisotopic (exact) mass is 322 g/mol. The number of nitrogens with zero attached hydrogens (tertiary/aromatic N) is 1. The third kappa shape index (κ3) is 3.03. The number of benzene rings is 1. The second-order valence-electron chi connectivity index (χ2n) is 3.68. The van der Waals surface area contributed by atoms with Crippen LogP contribution >= 0.6 is 15.9 Å². The predicted molar refractivity (Wildman–Crippen MR) is 74.5 cm³/mol. The molecule has 0 saturated carbocycles. The van der Waals surface area contributed by atoms with Crippen LogP contribution in [0, 0.1) is 0 Å². The minimum Gasteiger partial charge on any atom is -0.507 e. The molecule has 19 heavy (non-hydrogen) atoms. The normalized spacial score (nSPS) is 10.0. The zero-order valence-corrected chi connectivity index (χ0v) is 11.6. The van der Waals surface area contributed by atoms with E-state index >= 15 is 0 Å². The Bertz CT molecular complexity index is 617. The Morgan fingerprint density at radius 3 is 2.89 bits per heavy atom. The highest BCUT2D eigenvalue weighted by Crippen LogP contribution is 2.25. The molecular formula is C13H11BrN2O3. The molecule has 0 saturated heterocycles. The van der Waals surface area contributed by atoms with Gasteiger partial charge >= 0.3 is 0 Å². The summed E-state index contributed by atoms with van der Waals surface area (Å²) in [6.45, 7) is 0. The fourth-order valence-corrected chi connectivity index (χ4v) is 1.84. The molecule has 2 aromatic rings. The quantitative estimate of drug-likeness (QED) is 0.852. The maximum absolute atomic E-state index is 12.1. The topological polar surface area (TPSA) is 71.5 Å². The molecule has 0 aliphatic rings. The van der Waals surface area contributed by atoms with Crippen molar-refractivity contribution in [2.75, 3.05) is 12.4 Å². The van der Waals surface area contributed by atoms with E-state index in [9.17, 15) is 9.90 Å². The molecule has 0 unspecified atom stereocenters. The zero-order chi connectivity index (χ0) is 13.8. The molecule has 5 nitrogen and oxygen atoms in total. The first-order chi connectivity index (χ1) is 9.11. The Morgan fingerprint density at radius 2 is 2.21 bits per heavy atom. The maximum atomic E-state index is 12.1. The van der Waals surface area contributed by atoms with Crippen LogP contribution in [0.5, 0.6) is 11.5 Å². The molecule has 0 aliphatic carbocycles. The lowest BCUT2D eigenvalue weighted by molar-refractivity contribution is 0.102. The van der Waals surface area contributed by atoms with E-state index in [0.29, 0.717) is 16.0 Å². The number of amides is 1. The summed E-state index contributed by atoms with van der Waals surface area (Å²) in [6.07, 6.45) is 1.60. The van der Waals surface area contributed by atoms with Gasteiger partial charge in [0, 0.05) is 6.20 Å². The van der Waals surface area contributed by atoms with E-state index < -0.39 is 5.91 Å². The number of hydrogen-bond acceptors (Lipinski definition) is 4. The van der Waals surface area contributed by atoms with Crippen molar-refractivity contribution >= 4 is 27.5 Å². The summed E-state index contributed by atoms with van der Waals surface area (Å²) in [6, 6.07) is 7.85. The van der Waals surface area contributed by atoms with E-state index in [0.717, 1.165) is 0 Å². The van der Waals surface area contributed by atoms with Crippen LogP contribution in [-0.4, -0.2) is 23.1 Å². The first-order valence-electron chi connectivity index (χ1n) is 5.40. The SMILES string of the molecule is COc1ccc(O)c(C(=O)Nc2cccnc2Br)c1. The summed E-state index contributed by atoms with van der Waals surface area (Å²) in [5, 5.41) is 12.4. The van der Waals surface area contributed by atoms with Gasteiger partial charge in [0.05, 0.1) is 18.4 Å². The van der Waals surface area contributed by atoms with Crippen molar-refractivity contribution < 1.29 is 14.6 Å². The summed E-state index contributed by atoms with van der Waals surface area (Å²) in [5.41, 5.74) is 0.657. The van der Waals surface area contributed by atoms with Gasteiger partial charge in [-0.2, -0.15) is 0 Å². The highest BCUT2D eigenvalue weighted by atomic mass is 79.9. The van der Waals surface area contributed by atoms with Crippen molar-refractivity contribution in [1.82, 2.24) is 4.98 Å². The van der Waals surface area contributed by atoms with Crippen molar-refractivity contribution in [1.29, 1.82) is 0 Å². The van der Waals surface area contributed by atoms with Gasteiger partial charge in [0.1, 0.15) is 16.1 Å². The molecular weight excluding hydrogens is 312 g/mol. The summed E-state index contributed by atoms with van der Waals surface area (Å²) in [4.78, 5) is 16.1. The molecule has 6 heteroatoms. The van der Waals surface area contributed by atoms with Gasteiger partial charge in [0.15, 0.2) is 0 Å². The van der Waals surface area contributed by atoms with Crippen LogP contribution in [0.25, 0.3) is 0 Å². The summed E-state index contributed by atoms with van der Waals surface area (Å²) in [5.74, 6) is -0.0587. The van der Waals surface area contributed by atoms with Crippen molar-refractivity contribution in [3.8, 4) is 11.5 Å². The third-order valence-electron chi connectivity index (χ3n) is 2.46. The van der Waals surface area contributed by atoms with Crippen molar-refractivity contribution in [3.05, 3.63) is 46.7 Å². The highest BCUT2D eigenvalue weighted by molar-refractivity contribution is 9.10. The van der Waals surface area contributed by atoms with E-state index in [1.54, 1.807) is 24.4 Å². The van der Waals surface area contributed by atoms with Gasteiger partial charge in [-0.05, 0) is 46.3 Å². The smallest absolute Gasteiger partial charge is 0.259 e. The number of phenolic OH excluding ortho intramolecular Hbond substituents is 1. The molecule has 0 fully saturated rings. The molecule has 0 radical (unpaired) electrons. The molecule has 0 spiro atoms. The number of anilines is 1. The Hall–Kier alpha value is -2.08. The third-order valence-corrected chi connectivity index (χ3v) is 3.09. The predicted octanol–water partition coefficient (Wildman–Crippen LogP) is 2.81. The number of phenols is 1. The number of carbonyl (C=O) groups excluding carboxylic acids is 1. The molecule has 1 aromatic carbocycles. The molecule has 0 atom stereocenters. The first kappa shape index (κ1) is 13.4. The Morgan fingerprint density at radius 1 is 1.42 bits per heavy atom. The standard InChI is InChI=1S/C13H11BrN2O3/c1-19-8-4-5-11(17)9(7-8)13(18)16-10-3-2-6-15-12(10)14/h2-7,17H,1H3,(H,16,18). The largest absolute Gasteiger partial charge is 0.507 e. The molecule has 0 bridgehead atoms. The summed E-state index contributed by atoms with van der Waals surface area (Å²) >= 11 is 3.23. The number of nitrogens with one attached hydrogen (secondary N) is 1. The van der Waals surface area contributed by atoms with Crippen LogP contribution in [0.4, 0.5) is 5.69 Å². The van der Waals surface area contributed by atoms with Crippen LogP contribution in [0.2, 0.25) is 0 Å². The van der Waals surface area contributed by atoms with Gasteiger partial charge in [-0.1, -0.05) is 0 Å². The van der Waals surface area contributed by atoms with Crippen LogP contribution in [-0.2, 0) is 0 Å². The van der Waals surface area contributed by atoms with E-state index in [-0.39, 0.29) is 11.3 Å². The molecule has 1 amide bonds. The van der Waals surface area contributed by atoms with E-state index in [2.05, 4.69) is 26.2 Å². The highest BCUT2D eigenvalue weighted by Gasteiger charge is 2.14. The van der Waals surface area contributed by atoms with Gasteiger partial charge in [0.25, 0.3) is 5.91 Å². The number of pyridine rings is 1. The van der Waals surface area contributed by atoms with E-state index in [1.807, 2.05) is 0 Å². The van der Waals surface area contributed by atoms with Crippen molar-refractivity contribution in [3.63, 3.8) is 0 Å². The maximum Gasteiger partial charge on any atom is 0.259 e. The summed E-state index contributed by atoms with van der Waals surface area (Å²) in [7, 11) is 1.49. The second-order valence-corrected chi connectivity index (χ2v) is 4.43. The minimum atomic E-state index is -0.440. The first-order valence-corrected chi connectivity index (χ1v) is 6.20. The number of methoxy groups -OCH3 is 1. The number of ether oxygens (including phenoxy) is 1. The van der Waals surface area contributed by atoms with Gasteiger partial charge in [0.2, 0.25) is 0 Å². The van der Waals surface area contributed by atoms with Crippen LogP contribution in [0.15, 0.2) is 41.1 Å². The van der Waals surface area contributed by atoms with Gasteiger partial charge in [-0.3, -0.25) is 4.79 Å². The number of rotatable bonds is 3. The van der Waals surface area contributed by atoms with Crippen molar-refractivity contribution in [2.45, 2.75) is 0 Å². The molecule has 0 aliphatic heterocycles. The molecule has 1 heterocycles. The lowest BCUT2D eigenvalue weighted by atomic mass is 10.1. The number of halogens is 1.